The van der Waals surface area contributed by atoms with Crippen molar-refractivity contribution in [1.29, 1.82) is 0 Å². The van der Waals surface area contributed by atoms with Gasteiger partial charge in [-0.1, -0.05) is 23.2 Å². The molecule has 0 aromatic heterocycles. The molecule has 0 spiro atoms. The molecule has 1 aliphatic rings. The van der Waals surface area contributed by atoms with Gasteiger partial charge >= 0.3 is 0 Å². The minimum Gasteiger partial charge on any atom is -0.353 e. The Morgan fingerprint density at radius 2 is 2.33 bits per heavy atom. The Morgan fingerprint density at radius 1 is 1.67 bits per heavy atom. The molecule has 0 radical (unpaired) electrons. The van der Waals surface area contributed by atoms with Crippen molar-refractivity contribution in [3.05, 3.63) is 0 Å². The molecule has 1 rings (SSSR count). The van der Waals surface area contributed by atoms with E-state index in [1.165, 1.54) is 7.11 Å². The summed E-state index contributed by atoms with van der Waals surface area (Å²) in [7, 11) is 1.52. The SMILES string of the molecule is CO[C@H]1OCCC1(Cl)Cl. The van der Waals surface area contributed by atoms with E-state index in [1.807, 2.05) is 0 Å². The van der Waals surface area contributed by atoms with Gasteiger partial charge in [0.2, 0.25) is 0 Å². The van der Waals surface area contributed by atoms with E-state index in [0.717, 1.165) is 0 Å². The molecule has 0 saturated carbocycles. The van der Waals surface area contributed by atoms with E-state index < -0.39 is 10.6 Å². The van der Waals surface area contributed by atoms with E-state index >= 15 is 0 Å². The number of hydrogen-bond donors (Lipinski definition) is 0. The molecular formula is C5H8Cl2O2. The average molecular weight is 171 g/mol. The Balaban J connectivity index is 2.52. The van der Waals surface area contributed by atoms with Crippen LogP contribution in [0.3, 0.4) is 0 Å². The van der Waals surface area contributed by atoms with Crippen molar-refractivity contribution in [2.75, 3.05) is 13.7 Å². The van der Waals surface area contributed by atoms with Crippen molar-refractivity contribution < 1.29 is 9.47 Å². The normalized spacial score (nSPS) is 33.0. The lowest BCUT2D eigenvalue weighted by Gasteiger charge is -2.17. The van der Waals surface area contributed by atoms with Crippen LogP contribution in [0, 0.1) is 0 Å². The third-order valence-corrected chi connectivity index (χ3v) is 2.00. The highest BCUT2D eigenvalue weighted by atomic mass is 35.5. The summed E-state index contributed by atoms with van der Waals surface area (Å²) in [6, 6.07) is 0. The fraction of sp³-hybridized carbons (Fsp3) is 1.00. The molecule has 4 heteroatoms. The summed E-state index contributed by atoms with van der Waals surface area (Å²) in [5.41, 5.74) is 0. The minimum atomic E-state index is -0.839. The average Bonchev–Trinajstić information content (AvgIpc) is 2.08. The van der Waals surface area contributed by atoms with Crippen LogP contribution < -0.4 is 0 Å². The van der Waals surface area contributed by atoms with Gasteiger partial charge in [0.05, 0.1) is 6.61 Å². The van der Waals surface area contributed by atoms with Crippen molar-refractivity contribution in [1.82, 2.24) is 0 Å². The second kappa shape index (κ2) is 2.62. The Hall–Kier alpha value is 0.500. The summed E-state index contributed by atoms with van der Waals surface area (Å²) in [5.74, 6) is 0. The zero-order valence-electron chi connectivity index (χ0n) is 5.06. The van der Waals surface area contributed by atoms with E-state index in [9.17, 15) is 0 Å². The highest BCUT2D eigenvalue weighted by Crippen LogP contribution is 2.36. The maximum Gasteiger partial charge on any atom is 0.190 e. The molecule has 1 heterocycles. The van der Waals surface area contributed by atoms with Crippen LogP contribution in [0.5, 0.6) is 0 Å². The first kappa shape index (κ1) is 7.61. The molecule has 1 fully saturated rings. The number of ether oxygens (including phenoxy) is 2. The van der Waals surface area contributed by atoms with Gasteiger partial charge in [0.15, 0.2) is 10.6 Å². The molecule has 2 nitrogen and oxygen atoms in total. The summed E-state index contributed by atoms with van der Waals surface area (Å²) in [6.07, 6.45) is 0.176. The molecule has 0 aromatic carbocycles. The van der Waals surface area contributed by atoms with Gasteiger partial charge in [-0.05, 0) is 0 Å². The van der Waals surface area contributed by atoms with Crippen LogP contribution in [0.15, 0.2) is 0 Å². The first-order chi connectivity index (χ1) is 4.17. The maximum atomic E-state index is 5.75. The van der Waals surface area contributed by atoms with Crippen LogP contribution >= 0.6 is 23.2 Å². The molecule has 1 saturated heterocycles. The number of alkyl halides is 2. The molecule has 1 atom stereocenters. The lowest BCUT2D eigenvalue weighted by molar-refractivity contribution is -0.0916. The van der Waals surface area contributed by atoms with Crippen molar-refractivity contribution in [2.24, 2.45) is 0 Å². The van der Waals surface area contributed by atoms with E-state index in [1.54, 1.807) is 0 Å². The number of methoxy groups -OCH3 is 1. The van der Waals surface area contributed by atoms with Gasteiger partial charge < -0.3 is 9.47 Å². The van der Waals surface area contributed by atoms with Crippen LogP contribution in [0.4, 0.5) is 0 Å². The van der Waals surface area contributed by atoms with Crippen LogP contribution in [0.2, 0.25) is 0 Å². The van der Waals surface area contributed by atoms with Gasteiger partial charge in [-0.15, -0.1) is 0 Å². The predicted molar refractivity (Wildman–Crippen MR) is 35.8 cm³/mol. The van der Waals surface area contributed by atoms with Gasteiger partial charge in [0, 0.05) is 13.5 Å². The maximum absolute atomic E-state index is 5.75. The molecule has 0 unspecified atom stereocenters. The summed E-state index contributed by atoms with van der Waals surface area (Å²) >= 11 is 11.5. The number of hydrogen-bond acceptors (Lipinski definition) is 2. The number of halogens is 2. The molecule has 0 aliphatic carbocycles. The first-order valence-electron chi connectivity index (χ1n) is 2.69. The van der Waals surface area contributed by atoms with Crippen LogP contribution in [-0.2, 0) is 9.47 Å². The Morgan fingerprint density at radius 3 is 2.56 bits per heavy atom. The summed E-state index contributed by atoms with van der Waals surface area (Å²) in [4.78, 5) is 0. The smallest absolute Gasteiger partial charge is 0.190 e. The standard InChI is InChI=1S/C5H8Cl2O2/c1-8-4-5(6,7)2-3-9-4/h4H,2-3H2,1H3/t4-/m0/s1. The Bertz CT molecular complexity index is 105. The van der Waals surface area contributed by atoms with Gasteiger partial charge in [0.1, 0.15) is 0 Å². The summed E-state index contributed by atoms with van der Waals surface area (Å²) in [6.45, 7) is 0.575. The molecule has 54 valence electrons. The molecular weight excluding hydrogens is 163 g/mol. The molecule has 0 aromatic rings. The van der Waals surface area contributed by atoms with E-state index in [0.29, 0.717) is 13.0 Å². The Kier molecular flexibility index (Phi) is 2.22. The topological polar surface area (TPSA) is 18.5 Å². The van der Waals surface area contributed by atoms with Crippen molar-refractivity contribution in [3.63, 3.8) is 0 Å². The monoisotopic (exact) mass is 170 g/mol. The third kappa shape index (κ3) is 1.49. The molecule has 0 amide bonds. The van der Waals surface area contributed by atoms with Gasteiger partial charge in [-0.25, -0.2) is 0 Å². The van der Waals surface area contributed by atoms with Crippen molar-refractivity contribution >= 4 is 23.2 Å². The zero-order valence-corrected chi connectivity index (χ0v) is 6.58. The Labute approximate surface area is 64.0 Å². The van der Waals surface area contributed by atoms with E-state index in [-0.39, 0.29) is 0 Å². The first-order valence-corrected chi connectivity index (χ1v) is 3.44. The molecule has 0 bridgehead atoms. The highest BCUT2D eigenvalue weighted by Gasteiger charge is 2.41. The third-order valence-electron chi connectivity index (χ3n) is 1.26. The minimum absolute atomic E-state index is 0.458. The van der Waals surface area contributed by atoms with Crippen LogP contribution in [0.1, 0.15) is 6.42 Å². The summed E-state index contributed by atoms with van der Waals surface area (Å²) < 4.78 is 9.03. The van der Waals surface area contributed by atoms with Crippen LogP contribution in [-0.4, -0.2) is 24.3 Å². The molecule has 1 aliphatic heterocycles. The van der Waals surface area contributed by atoms with Crippen molar-refractivity contribution in [2.45, 2.75) is 17.0 Å². The van der Waals surface area contributed by atoms with Crippen LogP contribution in [0.25, 0.3) is 0 Å². The van der Waals surface area contributed by atoms with E-state index in [4.69, 9.17) is 32.7 Å². The lowest BCUT2D eigenvalue weighted by atomic mass is 10.3. The molecule has 9 heavy (non-hydrogen) atoms. The summed E-state index contributed by atoms with van der Waals surface area (Å²) in [5, 5.41) is 0. The predicted octanol–water partition coefficient (Wildman–Crippen LogP) is 1.55. The van der Waals surface area contributed by atoms with Crippen molar-refractivity contribution in [3.8, 4) is 0 Å². The van der Waals surface area contributed by atoms with Gasteiger partial charge in [-0.3, -0.25) is 0 Å². The fourth-order valence-electron chi connectivity index (χ4n) is 0.782. The van der Waals surface area contributed by atoms with Gasteiger partial charge in [0.25, 0.3) is 0 Å². The number of rotatable bonds is 1. The fourth-order valence-corrected chi connectivity index (χ4v) is 1.24. The molecule has 0 N–H and O–H groups in total. The van der Waals surface area contributed by atoms with Gasteiger partial charge in [-0.2, -0.15) is 0 Å². The lowest BCUT2D eigenvalue weighted by Crippen LogP contribution is -2.27. The van der Waals surface area contributed by atoms with E-state index in [2.05, 4.69) is 0 Å². The largest absolute Gasteiger partial charge is 0.353 e. The second-order valence-corrected chi connectivity index (χ2v) is 3.49. The zero-order chi connectivity index (χ0) is 6.91. The quantitative estimate of drug-likeness (QED) is 0.557. The highest BCUT2D eigenvalue weighted by molar-refractivity contribution is 6.48. The second-order valence-electron chi connectivity index (χ2n) is 1.95.